The number of piperazine rings is 1. The largest absolute Gasteiger partial charge is 0.466 e. The highest BCUT2D eigenvalue weighted by atomic mass is 35.5. The summed E-state index contributed by atoms with van der Waals surface area (Å²) >= 11 is 10.3. The fourth-order valence-electron chi connectivity index (χ4n) is 4.36. The molecule has 0 bridgehead atoms. The van der Waals surface area contributed by atoms with Gasteiger partial charge in [0.05, 0.1) is 30.8 Å². The maximum Gasteiger partial charge on any atom is 0.311 e. The van der Waals surface area contributed by atoms with Crippen molar-refractivity contribution in [3.63, 3.8) is 0 Å². The predicted molar refractivity (Wildman–Crippen MR) is 157 cm³/mol. The summed E-state index contributed by atoms with van der Waals surface area (Å²) < 4.78 is 9.94. The minimum absolute atomic E-state index is 0.0703. The molecule has 0 aromatic heterocycles. The first-order valence-electron chi connectivity index (χ1n) is 13.4. The van der Waals surface area contributed by atoms with E-state index in [4.69, 9.17) is 21.1 Å². The van der Waals surface area contributed by atoms with E-state index >= 15 is 0 Å². The quantitative estimate of drug-likeness (QED) is 0.287. The van der Waals surface area contributed by atoms with Gasteiger partial charge in [-0.1, -0.05) is 23.7 Å². The van der Waals surface area contributed by atoms with E-state index in [9.17, 15) is 19.2 Å². The Balaban J connectivity index is 1.51. The molecule has 1 N–H and O–H groups in total. The van der Waals surface area contributed by atoms with Crippen LogP contribution in [0.2, 0.25) is 5.02 Å². The Morgan fingerprint density at radius 2 is 1.55 bits per heavy atom. The van der Waals surface area contributed by atoms with E-state index in [0.717, 1.165) is 31.1 Å². The number of carbonyl (C=O) groups is 4. The van der Waals surface area contributed by atoms with Crippen molar-refractivity contribution in [1.29, 1.82) is 0 Å². The molecule has 0 radical (unpaired) electrons. The summed E-state index contributed by atoms with van der Waals surface area (Å²) in [6, 6.07) is 14.4. The number of carbonyl (C=O) groups excluding carboxylic acids is 4. The zero-order valence-corrected chi connectivity index (χ0v) is 24.5. The van der Waals surface area contributed by atoms with Crippen LogP contribution in [0.25, 0.3) is 0 Å². The molecule has 2 aromatic carbocycles. The standard InChI is InChI=1S/C29H36ClN3O6S/c1-3-38-25(34)19-24(29(37)39-4-2)26(40)27(35)31-23-11-7-21(8-12-23)28(36)33-17-15-32(16-18-33)14-13-20-5-9-22(30)10-6-20/h5-12,24,26,40H,3-4,13-19H2,1-2H3,(H,31,35). The third-order valence-electron chi connectivity index (χ3n) is 6.62. The number of hydrogen-bond acceptors (Lipinski definition) is 8. The molecular formula is C29H36ClN3O6S. The van der Waals surface area contributed by atoms with Crippen LogP contribution in [0.5, 0.6) is 0 Å². The Morgan fingerprint density at radius 1 is 0.925 bits per heavy atom. The maximum absolute atomic E-state index is 13.0. The lowest BCUT2D eigenvalue weighted by molar-refractivity contribution is -0.155. The van der Waals surface area contributed by atoms with Gasteiger partial charge in [-0.25, -0.2) is 0 Å². The number of ether oxygens (including phenoxy) is 2. The number of amides is 2. The van der Waals surface area contributed by atoms with E-state index in [1.165, 1.54) is 5.56 Å². The van der Waals surface area contributed by atoms with Gasteiger partial charge in [-0.05, 0) is 62.2 Å². The normalized spacial score (nSPS) is 15.2. The zero-order chi connectivity index (χ0) is 29.1. The van der Waals surface area contributed by atoms with Crippen molar-refractivity contribution in [2.24, 2.45) is 5.92 Å². The summed E-state index contributed by atoms with van der Waals surface area (Å²) in [6.45, 7) is 7.33. The molecule has 2 atom stereocenters. The van der Waals surface area contributed by atoms with Crippen molar-refractivity contribution >= 4 is 53.7 Å². The topological polar surface area (TPSA) is 105 Å². The lowest BCUT2D eigenvalue weighted by Gasteiger charge is -2.34. The van der Waals surface area contributed by atoms with Crippen LogP contribution in [0.3, 0.4) is 0 Å². The summed E-state index contributed by atoms with van der Waals surface area (Å²) in [5.41, 5.74) is 2.18. The molecule has 2 aromatic rings. The molecule has 0 spiro atoms. The molecule has 11 heteroatoms. The molecule has 40 heavy (non-hydrogen) atoms. The second-order valence-corrected chi connectivity index (χ2v) is 10.4. The SMILES string of the molecule is CCOC(=O)CC(C(=O)OCC)C(S)C(=O)Nc1ccc(C(=O)N2CCN(CCc3ccc(Cl)cc3)CC2)cc1. The Kier molecular flexibility index (Phi) is 12.3. The highest BCUT2D eigenvalue weighted by Crippen LogP contribution is 2.21. The fraction of sp³-hybridized carbons (Fsp3) is 0.448. The van der Waals surface area contributed by atoms with E-state index < -0.39 is 29.0 Å². The van der Waals surface area contributed by atoms with Gasteiger partial charge in [0, 0.05) is 49.0 Å². The van der Waals surface area contributed by atoms with Gasteiger partial charge in [0.15, 0.2) is 0 Å². The molecule has 1 fully saturated rings. The van der Waals surface area contributed by atoms with E-state index in [-0.39, 0.29) is 25.5 Å². The maximum atomic E-state index is 13.0. The van der Waals surface area contributed by atoms with Crippen LogP contribution in [0, 0.1) is 5.92 Å². The van der Waals surface area contributed by atoms with Crippen molar-refractivity contribution < 1.29 is 28.7 Å². The predicted octanol–water partition coefficient (Wildman–Crippen LogP) is 3.71. The molecule has 1 saturated heterocycles. The monoisotopic (exact) mass is 589 g/mol. The molecule has 1 heterocycles. The third-order valence-corrected chi connectivity index (χ3v) is 7.47. The van der Waals surface area contributed by atoms with Crippen LogP contribution in [0.15, 0.2) is 48.5 Å². The first-order valence-corrected chi connectivity index (χ1v) is 14.3. The number of benzene rings is 2. The average molecular weight is 590 g/mol. The second kappa shape index (κ2) is 15.6. The van der Waals surface area contributed by atoms with Crippen molar-refractivity contribution in [2.75, 3.05) is 51.3 Å². The highest BCUT2D eigenvalue weighted by molar-refractivity contribution is 7.81. The van der Waals surface area contributed by atoms with E-state index in [0.29, 0.717) is 24.3 Å². The van der Waals surface area contributed by atoms with Crippen molar-refractivity contribution in [3.8, 4) is 0 Å². The molecule has 2 unspecified atom stereocenters. The molecule has 9 nitrogen and oxygen atoms in total. The second-order valence-electron chi connectivity index (χ2n) is 9.39. The van der Waals surface area contributed by atoms with Gasteiger partial charge in [-0.15, -0.1) is 0 Å². The molecule has 3 rings (SSSR count). The fourth-order valence-corrected chi connectivity index (χ4v) is 4.78. The van der Waals surface area contributed by atoms with Crippen LogP contribution >= 0.6 is 24.2 Å². The highest BCUT2D eigenvalue weighted by Gasteiger charge is 2.35. The number of rotatable bonds is 12. The molecule has 0 aliphatic carbocycles. The first-order chi connectivity index (χ1) is 19.2. The smallest absolute Gasteiger partial charge is 0.311 e. The lowest BCUT2D eigenvalue weighted by Crippen LogP contribution is -2.49. The lowest BCUT2D eigenvalue weighted by atomic mass is 10.00. The number of halogens is 1. The molecule has 0 saturated carbocycles. The average Bonchev–Trinajstić information content (AvgIpc) is 2.96. The van der Waals surface area contributed by atoms with Gasteiger partial charge in [-0.2, -0.15) is 12.6 Å². The molecule has 1 aliphatic rings. The van der Waals surface area contributed by atoms with Gasteiger partial charge < -0.3 is 19.7 Å². The number of thiol groups is 1. The van der Waals surface area contributed by atoms with Crippen LogP contribution in [0.1, 0.15) is 36.2 Å². The first kappa shape index (κ1) is 31.4. The number of esters is 2. The summed E-state index contributed by atoms with van der Waals surface area (Å²) in [7, 11) is 0. The van der Waals surface area contributed by atoms with Gasteiger partial charge in [0.25, 0.3) is 5.91 Å². The van der Waals surface area contributed by atoms with Gasteiger partial charge in [0.1, 0.15) is 0 Å². The molecular weight excluding hydrogens is 554 g/mol. The number of hydrogen-bond donors (Lipinski definition) is 2. The van der Waals surface area contributed by atoms with Gasteiger partial charge >= 0.3 is 11.9 Å². The van der Waals surface area contributed by atoms with Gasteiger partial charge in [-0.3, -0.25) is 24.1 Å². The molecule has 2 amide bonds. The minimum atomic E-state index is -1.14. The van der Waals surface area contributed by atoms with Crippen molar-refractivity contribution in [3.05, 3.63) is 64.7 Å². The number of anilines is 1. The Bertz CT molecular complexity index is 1150. The number of nitrogens with zero attached hydrogens (tertiary/aromatic N) is 2. The molecule has 216 valence electrons. The van der Waals surface area contributed by atoms with E-state index in [1.807, 2.05) is 29.2 Å². The van der Waals surface area contributed by atoms with Crippen LogP contribution in [-0.2, 0) is 30.3 Å². The zero-order valence-electron chi connectivity index (χ0n) is 22.8. The van der Waals surface area contributed by atoms with Crippen LogP contribution in [-0.4, -0.2) is 84.7 Å². The summed E-state index contributed by atoms with van der Waals surface area (Å²) in [5.74, 6) is -3.05. The van der Waals surface area contributed by atoms with Crippen molar-refractivity contribution in [2.45, 2.75) is 31.9 Å². The number of nitrogens with one attached hydrogen (secondary N) is 1. The van der Waals surface area contributed by atoms with Crippen LogP contribution in [0.4, 0.5) is 5.69 Å². The van der Waals surface area contributed by atoms with E-state index in [1.54, 1.807) is 38.1 Å². The Hall–Kier alpha value is -3.08. The van der Waals surface area contributed by atoms with E-state index in [2.05, 4.69) is 22.8 Å². The summed E-state index contributed by atoms with van der Waals surface area (Å²) in [6.07, 6.45) is 0.602. The van der Waals surface area contributed by atoms with Crippen molar-refractivity contribution in [1.82, 2.24) is 9.80 Å². The summed E-state index contributed by atoms with van der Waals surface area (Å²) in [4.78, 5) is 54.4. The van der Waals surface area contributed by atoms with Gasteiger partial charge in [0.2, 0.25) is 5.91 Å². The Morgan fingerprint density at radius 3 is 2.15 bits per heavy atom. The van der Waals surface area contributed by atoms with Crippen LogP contribution < -0.4 is 5.32 Å². The Labute approximate surface area is 245 Å². The summed E-state index contributed by atoms with van der Waals surface area (Å²) in [5, 5.41) is 2.28. The third kappa shape index (κ3) is 9.25. The molecule has 1 aliphatic heterocycles. The minimum Gasteiger partial charge on any atom is -0.466 e.